The Morgan fingerprint density at radius 2 is 1.71 bits per heavy atom. The number of halogens is 4. The Morgan fingerprint density at radius 1 is 1.13 bits per heavy atom. The van der Waals surface area contributed by atoms with Crippen LogP contribution in [0, 0.1) is 0 Å². The van der Waals surface area contributed by atoms with E-state index in [2.05, 4.69) is 0 Å². The van der Waals surface area contributed by atoms with E-state index in [-0.39, 0.29) is 19.0 Å². The number of rotatable bonds is 6. The van der Waals surface area contributed by atoms with Gasteiger partial charge in [0.2, 0.25) is 5.91 Å². The molecule has 0 spiro atoms. The van der Waals surface area contributed by atoms with Gasteiger partial charge < -0.3 is 14.5 Å². The fraction of sp³-hybridized carbons (Fsp3) is 0.364. The SMILES string of the molecule is COC(=O)C1(N(C(=O)CCl)C(C)c2ccc(C(F)(F)F)cc2)CN(c2ccccc2)C1. The van der Waals surface area contributed by atoms with Crippen LogP contribution in [0.1, 0.15) is 24.1 Å². The molecule has 0 aromatic heterocycles. The van der Waals surface area contributed by atoms with Crippen LogP contribution in [0.25, 0.3) is 0 Å². The number of carbonyl (C=O) groups is 2. The third-order valence-electron chi connectivity index (χ3n) is 5.54. The zero-order chi connectivity index (χ0) is 22.8. The Bertz CT molecular complexity index is 929. The predicted octanol–water partition coefficient (Wildman–Crippen LogP) is 4.27. The van der Waals surface area contributed by atoms with Gasteiger partial charge in [-0.3, -0.25) is 4.79 Å². The lowest BCUT2D eigenvalue weighted by Gasteiger charge is -2.55. The molecule has 1 heterocycles. The first kappa shape index (κ1) is 22.9. The molecule has 1 unspecified atom stereocenters. The average Bonchev–Trinajstić information content (AvgIpc) is 2.74. The molecular formula is C22H22ClF3N2O3. The van der Waals surface area contributed by atoms with Gasteiger partial charge >= 0.3 is 12.1 Å². The number of benzene rings is 2. The number of para-hydroxylation sites is 1. The second-order valence-electron chi connectivity index (χ2n) is 7.41. The summed E-state index contributed by atoms with van der Waals surface area (Å²) in [7, 11) is 1.24. The van der Waals surface area contributed by atoms with E-state index < -0.39 is 35.2 Å². The standard InChI is InChI=1S/C22H22ClF3N2O3/c1-15(16-8-10-17(11-9-16)22(24,25)26)28(19(29)12-23)21(20(30)31-2)13-27(14-21)18-6-4-3-5-7-18/h3-11,15H,12-14H2,1-2H3. The quantitative estimate of drug-likeness (QED) is 0.483. The van der Waals surface area contributed by atoms with Crippen molar-refractivity contribution in [2.24, 2.45) is 0 Å². The molecule has 5 nitrogen and oxygen atoms in total. The molecule has 1 atom stereocenters. The number of hydrogen-bond donors (Lipinski definition) is 0. The molecule has 166 valence electrons. The minimum Gasteiger partial charge on any atom is -0.467 e. The van der Waals surface area contributed by atoms with E-state index >= 15 is 0 Å². The van der Waals surface area contributed by atoms with Gasteiger partial charge in [-0.25, -0.2) is 4.79 Å². The maximum atomic E-state index is 12.9. The Labute approximate surface area is 183 Å². The van der Waals surface area contributed by atoms with E-state index in [0.29, 0.717) is 5.56 Å². The summed E-state index contributed by atoms with van der Waals surface area (Å²) in [5.74, 6) is -1.49. The molecule has 2 aromatic carbocycles. The molecule has 2 aromatic rings. The van der Waals surface area contributed by atoms with Gasteiger partial charge in [-0.1, -0.05) is 30.3 Å². The highest BCUT2D eigenvalue weighted by Crippen LogP contribution is 2.39. The van der Waals surface area contributed by atoms with Gasteiger partial charge in [-0.05, 0) is 36.8 Å². The molecule has 0 N–H and O–H groups in total. The lowest BCUT2D eigenvalue weighted by molar-refractivity contribution is -0.166. The smallest absolute Gasteiger partial charge is 0.416 e. The molecule has 3 rings (SSSR count). The molecule has 0 bridgehead atoms. The van der Waals surface area contributed by atoms with Crippen molar-refractivity contribution in [1.29, 1.82) is 0 Å². The molecule has 1 aliphatic rings. The van der Waals surface area contributed by atoms with E-state index in [0.717, 1.165) is 17.8 Å². The summed E-state index contributed by atoms with van der Waals surface area (Å²) in [6.07, 6.45) is -4.47. The van der Waals surface area contributed by atoms with Gasteiger partial charge in [-0.15, -0.1) is 11.6 Å². The van der Waals surface area contributed by atoms with Crippen molar-refractivity contribution in [3.05, 3.63) is 65.7 Å². The molecule has 1 aliphatic heterocycles. The Balaban J connectivity index is 1.95. The molecular weight excluding hydrogens is 433 g/mol. The molecule has 1 fully saturated rings. The summed E-state index contributed by atoms with van der Waals surface area (Å²) < 4.78 is 43.8. The molecule has 1 amide bonds. The van der Waals surface area contributed by atoms with Crippen molar-refractivity contribution < 1.29 is 27.5 Å². The summed E-state index contributed by atoms with van der Waals surface area (Å²) in [6, 6.07) is 13.2. The highest BCUT2D eigenvalue weighted by Gasteiger charge is 2.57. The first-order chi connectivity index (χ1) is 14.6. The Hall–Kier alpha value is -2.74. The fourth-order valence-corrected chi connectivity index (χ4v) is 4.09. The number of nitrogens with zero attached hydrogens (tertiary/aromatic N) is 2. The number of carbonyl (C=O) groups excluding carboxylic acids is 2. The van der Waals surface area contributed by atoms with Gasteiger partial charge in [0.25, 0.3) is 0 Å². The Morgan fingerprint density at radius 3 is 2.19 bits per heavy atom. The first-order valence-corrected chi connectivity index (χ1v) is 10.1. The number of alkyl halides is 4. The zero-order valence-electron chi connectivity index (χ0n) is 17.0. The van der Waals surface area contributed by atoms with Crippen LogP contribution < -0.4 is 4.90 Å². The number of amides is 1. The summed E-state index contributed by atoms with van der Waals surface area (Å²) in [6.45, 7) is 2.01. The minimum absolute atomic E-state index is 0.178. The number of methoxy groups -OCH3 is 1. The molecule has 31 heavy (non-hydrogen) atoms. The van der Waals surface area contributed by atoms with Crippen LogP contribution in [0.15, 0.2) is 54.6 Å². The normalized spacial score (nSPS) is 16.3. The first-order valence-electron chi connectivity index (χ1n) is 9.58. The highest BCUT2D eigenvalue weighted by atomic mass is 35.5. The van der Waals surface area contributed by atoms with Gasteiger partial charge in [0.05, 0.1) is 31.8 Å². The zero-order valence-corrected chi connectivity index (χ0v) is 17.8. The summed E-state index contributed by atoms with van der Waals surface area (Å²) in [5, 5.41) is 0. The maximum absolute atomic E-state index is 12.9. The maximum Gasteiger partial charge on any atom is 0.416 e. The summed E-state index contributed by atoms with van der Waals surface area (Å²) in [4.78, 5) is 28.9. The molecule has 0 radical (unpaired) electrons. The van der Waals surface area contributed by atoms with E-state index in [9.17, 15) is 22.8 Å². The second kappa shape index (κ2) is 8.78. The van der Waals surface area contributed by atoms with Gasteiger partial charge in [0.15, 0.2) is 5.54 Å². The number of esters is 1. The van der Waals surface area contributed by atoms with Gasteiger partial charge in [0.1, 0.15) is 5.88 Å². The minimum atomic E-state index is -4.47. The number of hydrogen-bond acceptors (Lipinski definition) is 4. The summed E-state index contributed by atoms with van der Waals surface area (Å²) >= 11 is 5.85. The predicted molar refractivity (Wildman–Crippen MR) is 111 cm³/mol. The van der Waals surface area contributed by atoms with Crippen molar-refractivity contribution in [2.45, 2.75) is 24.7 Å². The molecule has 0 aliphatic carbocycles. The van der Waals surface area contributed by atoms with Crippen LogP contribution in [0.2, 0.25) is 0 Å². The van der Waals surface area contributed by atoms with E-state index in [1.165, 1.54) is 24.1 Å². The second-order valence-corrected chi connectivity index (χ2v) is 7.68. The van der Waals surface area contributed by atoms with Crippen LogP contribution in [0.3, 0.4) is 0 Å². The van der Waals surface area contributed by atoms with Crippen molar-refractivity contribution in [1.82, 2.24) is 4.90 Å². The third-order valence-corrected chi connectivity index (χ3v) is 5.77. The van der Waals surface area contributed by atoms with Crippen LogP contribution in [-0.2, 0) is 20.5 Å². The third kappa shape index (κ3) is 4.35. The van der Waals surface area contributed by atoms with Crippen LogP contribution in [0.5, 0.6) is 0 Å². The Kier molecular flexibility index (Phi) is 6.50. The van der Waals surface area contributed by atoms with Crippen LogP contribution >= 0.6 is 11.6 Å². The van der Waals surface area contributed by atoms with Crippen molar-refractivity contribution >= 4 is 29.2 Å². The van der Waals surface area contributed by atoms with Crippen molar-refractivity contribution in [3.8, 4) is 0 Å². The van der Waals surface area contributed by atoms with Gasteiger partial charge in [-0.2, -0.15) is 13.2 Å². The summed E-state index contributed by atoms with van der Waals surface area (Å²) in [5.41, 5.74) is -0.769. The highest BCUT2D eigenvalue weighted by molar-refractivity contribution is 6.27. The molecule has 1 saturated heterocycles. The lowest BCUT2D eigenvalue weighted by atomic mass is 9.84. The van der Waals surface area contributed by atoms with E-state index in [1.54, 1.807) is 6.92 Å². The number of ether oxygens (including phenoxy) is 1. The van der Waals surface area contributed by atoms with E-state index in [1.807, 2.05) is 35.2 Å². The molecule has 0 saturated carbocycles. The van der Waals surface area contributed by atoms with Crippen molar-refractivity contribution in [2.75, 3.05) is 31.0 Å². The van der Waals surface area contributed by atoms with Crippen molar-refractivity contribution in [3.63, 3.8) is 0 Å². The van der Waals surface area contributed by atoms with E-state index in [4.69, 9.17) is 16.3 Å². The lowest BCUT2D eigenvalue weighted by Crippen LogP contribution is -2.76. The van der Waals surface area contributed by atoms with Crippen LogP contribution in [0.4, 0.5) is 18.9 Å². The average molecular weight is 455 g/mol. The van der Waals surface area contributed by atoms with Gasteiger partial charge in [0, 0.05) is 5.69 Å². The monoisotopic (exact) mass is 454 g/mol. The number of anilines is 1. The topological polar surface area (TPSA) is 49.9 Å². The van der Waals surface area contributed by atoms with Crippen LogP contribution in [-0.4, -0.2) is 48.4 Å². The molecule has 9 heteroatoms. The largest absolute Gasteiger partial charge is 0.467 e. The fourth-order valence-electron chi connectivity index (χ4n) is 3.97.